The lowest BCUT2D eigenvalue weighted by molar-refractivity contribution is -0.136. The number of cyclic esters (lactones) is 1. The van der Waals surface area contributed by atoms with E-state index in [4.69, 9.17) is 4.74 Å². The van der Waals surface area contributed by atoms with Crippen molar-refractivity contribution in [3.63, 3.8) is 0 Å². The largest absolute Gasteiger partial charge is 0.423 e. The van der Waals surface area contributed by atoms with Crippen molar-refractivity contribution in [2.24, 2.45) is 5.92 Å². The molecule has 1 aliphatic rings. The molecule has 1 atom stereocenters. The molecule has 1 aromatic heterocycles. The second-order valence-electron chi connectivity index (χ2n) is 9.15. The van der Waals surface area contributed by atoms with Crippen molar-refractivity contribution in [3.05, 3.63) is 72.1 Å². The Labute approximate surface area is 208 Å². The summed E-state index contributed by atoms with van der Waals surface area (Å²) < 4.78 is 21.2. The van der Waals surface area contributed by atoms with Crippen LogP contribution in [0.4, 0.5) is 14.9 Å². The van der Waals surface area contributed by atoms with Crippen LogP contribution in [0.1, 0.15) is 42.6 Å². The van der Waals surface area contributed by atoms with Crippen LogP contribution in [-0.2, 0) is 16.0 Å². The molecule has 0 N–H and O–H groups in total. The van der Waals surface area contributed by atoms with Crippen LogP contribution in [0.5, 0.6) is 0 Å². The Balaban J connectivity index is 1.33. The van der Waals surface area contributed by atoms with Gasteiger partial charge in [0.05, 0.1) is 12.2 Å². The molecule has 1 unspecified atom stereocenters. The van der Waals surface area contributed by atoms with Crippen LogP contribution < -0.4 is 4.90 Å². The van der Waals surface area contributed by atoms with Gasteiger partial charge in [0.15, 0.2) is 17.8 Å². The molecule has 3 aromatic rings. The average molecular weight is 494 g/mol. The van der Waals surface area contributed by atoms with Gasteiger partial charge < -0.3 is 9.64 Å². The Morgan fingerprint density at radius 3 is 2.56 bits per heavy atom. The number of nitrogens with zero attached hydrogens (tertiary/aromatic N) is 5. The number of benzene rings is 2. The summed E-state index contributed by atoms with van der Waals surface area (Å²) in [5.41, 5.74) is 2.21. The number of aromatic nitrogens is 3. The van der Waals surface area contributed by atoms with Crippen LogP contribution >= 0.6 is 0 Å². The number of carbonyl (C=O) groups excluding carboxylic acids is 3. The number of carbonyl (C=O) groups is 3. The first kappa shape index (κ1) is 25.0. The number of ketones is 1. The molecule has 2 heterocycles. The summed E-state index contributed by atoms with van der Waals surface area (Å²) in [6.07, 6.45) is 2.09. The molecule has 0 saturated carbocycles. The van der Waals surface area contributed by atoms with Crippen LogP contribution in [0, 0.1) is 11.7 Å². The SMILES string of the molecule is CC(C)Cc1ccc(C(=O)CCC(=O)N(C)C2CN(c3ccc(-n4cncn4)c(F)c3)C(=O)O2)cc1. The molecular weight excluding hydrogens is 465 g/mol. The number of rotatable bonds is 9. The number of Topliss-reactive ketones (excluding diaryl/α,β-unsaturated/α-hetero) is 1. The highest BCUT2D eigenvalue weighted by Gasteiger charge is 2.37. The molecule has 188 valence electrons. The van der Waals surface area contributed by atoms with E-state index in [-0.39, 0.29) is 36.8 Å². The van der Waals surface area contributed by atoms with Crippen molar-refractivity contribution in [1.29, 1.82) is 0 Å². The summed E-state index contributed by atoms with van der Waals surface area (Å²) in [7, 11) is 1.52. The lowest BCUT2D eigenvalue weighted by Crippen LogP contribution is -2.39. The maximum Gasteiger partial charge on any atom is 0.416 e. The van der Waals surface area contributed by atoms with Crippen molar-refractivity contribution >= 4 is 23.5 Å². The molecule has 36 heavy (non-hydrogen) atoms. The van der Waals surface area contributed by atoms with Gasteiger partial charge in [-0.1, -0.05) is 38.1 Å². The molecule has 2 aromatic carbocycles. The number of hydrogen-bond acceptors (Lipinski definition) is 6. The number of likely N-dealkylation sites (N-methyl/N-ethyl adjacent to an activating group) is 1. The van der Waals surface area contributed by atoms with Gasteiger partial charge in [-0.15, -0.1) is 0 Å². The van der Waals surface area contributed by atoms with E-state index in [9.17, 15) is 18.8 Å². The molecule has 1 saturated heterocycles. The Morgan fingerprint density at radius 2 is 1.92 bits per heavy atom. The number of hydrogen-bond donors (Lipinski definition) is 0. The highest BCUT2D eigenvalue weighted by molar-refractivity contribution is 5.98. The second-order valence-corrected chi connectivity index (χ2v) is 9.15. The molecule has 0 bridgehead atoms. The van der Waals surface area contributed by atoms with Gasteiger partial charge >= 0.3 is 6.09 Å². The third kappa shape index (κ3) is 5.59. The molecule has 10 heteroatoms. The smallest absolute Gasteiger partial charge is 0.416 e. The number of ether oxygens (including phenoxy) is 1. The molecule has 0 aliphatic carbocycles. The van der Waals surface area contributed by atoms with E-state index in [0.717, 1.165) is 12.0 Å². The summed E-state index contributed by atoms with van der Waals surface area (Å²) in [6, 6.07) is 11.7. The minimum Gasteiger partial charge on any atom is -0.423 e. The number of anilines is 1. The Hall–Kier alpha value is -4.08. The molecular formula is C26H28FN5O4. The third-order valence-corrected chi connectivity index (χ3v) is 6.02. The maximum atomic E-state index is 14.6. The first-order valence-corrected chi connectivity index (χ1v) is 11.7. The third-order valence-electron chi connectivity index (χ3n) is 6.02. The van der Waals surface area contributed by atoms with Gasteiger partial charge in [0.1, 0.15) is 18.3 Å². The van der Waals surface area contributed by atoms with Gasteiger partial charge in [-0.25, -0.2) is 18.9 Å². The number of halogens is 1. The predicted molar refractivity (Wildman–Crippen MR) is 130 cm³/mol. The molecule has 4 rings (SSSR count). The van der Waals surface area contributed by atoms with Crippen LogP contribution in [-0.4, -0.2) is 57.3 Å². The normalized spacial score (nSPS) is 15.3. The summed E-state index contributed by atoms with van der Waals surface area (Å²) in [5.74, 6) is -0.513. The van der Waals surface area contributed by atoms with Gasteiger partial charge in [0.25, 0.3) is 0 Å². The molecule has 2 amide bonds. The fourth-order valence-corrected chi connectivity index (χ4v) is 4.04. The first-order valence-electron chi connectivity index (χ1n) is 11.7. The van der Waals surface area contributed by atoms with E-state index in [1.54, 1.807) is 18.2 Å². The van der Waals surface area contributed by atoms with Crippen LogP contribution in [0.2, 0.25) is 0 Å². The van der Waals surface area contributed by atoms with Gasteiger partial charge in [-0.3, -0.25) is 14.5 Å². The van der Waals surface area contributed by atoms with Gasteiger partial charge in [-0.2, -0.15) is 5.10 Å². The first-order chi connectivity index (χ1) is 17.2. The Morgan fingerprint density at radius 1 is 1.17 bits per heavy atom. The maximum absolute atomic E-state index is 14.6. The second kappa shape index (κ2) is 10.7. The highest BCUT2D eigenvalue weighted by Crippen LogP contribution is 2.26. The Kier molecular flexibility index (Phi) is 7.42. The predicted octanol–water partition coefficient (Wildman–Crippen LogP) is 4.01. The van der Waals surface area contributed by atoms with Crippen molar-refractivity contribution in [1.82, 2.24) is 19.7 Å². The average Bonchev–Trinajstić information content (AvgIpc) is 3.52. The lowest BCUT2D eigenvalue weighted by atomic mass is 9.99. The monoisotopic (exact) mass is 493 g/mol. The summed E-state index contributed by atoms with van der Waals surface area (Å²) in [5, 5.41) is 3.90. The highest BCUT2D eigenvalue weighted by atomic mass is 19.1. The van der Waals surface area contributed by atoms with E-state index in [2.05, 4.69) is 23.9 Å². The molecule has 0 spiro atoms. The van der Waals surface area contributed by atoms with E-state index < -0.39 is 18.1 Å². The summed E-state index contributed by atoms with van der Waals surface area (Å²) in [6.45, 7) is 4.31. The lowest BCUT2D eigenvalue weighted by Gasteiger charge is -2.22. The van der Waals surface area contributed by atoms with Crippen molar-refractivity contribution in [2.45, 2.75) is 39.3 Å². The topological polar surface area (TPSA) is 97.6 Å². The van der Waals surface area contributed by atoms with Gasteiger partial charge in [0.2, 0.25) is 5.91 Å². The number of amides is 2. The minimum atomic E-state index is -0.853. The zero-order valence-electron chi connectivity index (χ0n) is 20.4. The van der Waals surface area contributed by atoms with E-state index in [0.29, 0.717) is 17.2 Å². The van der Waals surface area contributed by atoms with Crippen molar-refractivity contribution in [2.75, 3.05) is 18.5 Å². The standard InChI is InChI=1S/C26H28FN5O4/c1-17(2)12-18-4-6-19(7-5-18)23(33)10-11-24(34)30(3)25-14-31(26(35)36-25)20-8-9-22(21(27)13-20)32-16-28-15-29-32/h4-9,13,15-17,25H,10-12,14H2,1-3H3. The van der Waals surface area contributed by atoms with Crippen LogP contribution in [0.15, 0.2) is 55.1 Å². The summed E-state index contributed by atoms with van der Waals surface area (Å²) >= 11 is 0. The molecule has 1 aliphatic heterocycles. The fourth-order valence-electron chi connectivity index (χ4n) is 4.04. The molecule has 9 nitrogen and oxygen atoms in total. The van der Waals surface area contributed by atoms with Crippen molar-refractivity contribution in [3.8, 4) is 5.69 Å². The molecule has 1 fully saturated rings. The summed E-state index contributed by atoms with van der Waals surface area (Å²) in [4.78, 5) is 44.1. The van der Waals surface area contributed by atoms with Crippen LogP contribution in [0.3, 0.4) is 0 Å². The van der Waals surface area contributed by atoms with Crippen molar-refractivity contribution < 1.29 is 23.5 Å². The Bertz CT molecular complexity index is 1240. The molecule has 0 radical (unpaired) electrons. The zero-order valence-corrected chi connectivity index (χ0v) is 20.4. The minimum absolute atomic E-state index is 0.0155. The quantitative estimate of drug-likeness (QED) is 0.418. The van der Waals surface area contributed by atoms with Crippen LogP contribution in [0.25, 0.3) is 5.69 Å². The van der Waals surface area contributed by atoms with Gasteiger partial charge in [0, 0.05) is 25.5 Å². The van der Waals surface area contributed by atoms with E-state index in [1.165, 1.54) is 46.3 Å². The fraction of sp³-hybridized carbons (Fsp3) is 0.346. The zero-order chi connectivity index (χ0) is 25.8. The van der Waals surface area contributed by atoms with E-state index >= 15 is 0 Å². The van der Waals surface area contributed by atoms with Gasteiger partial charge in [-0.05, 0) is 36.1 Å². The van der Waals surface area contributed by atoms with E-state index in [1.807, 2.05) is 12.1 Å².